The van der Waals surface area contributed by atoms with E-state index in [1.165, 1.54) is 7.11 Å². The molecule has 9 heteroatoms. The number of carbonyl (C=O) groups is 3. The van der Waals surface area contributed by atoms with E-state index in [1.54, 1.807) is 30.5 Å². The van der Waals surface area contributed by atoms with Crippen LogP contribution in [0.25, 0.3) is 10.9 Å². The van der Waals surface area contributed by atoms with Crippen LogP contribution in [0.2, 0.25) is 0 Å². The summed E-state index contributed by atoms with van der Waals surface area (Å²) in [6.45, 7) is 0. The van der Waals surface area contributed by atoms with E-state index < -0.39 is 29.9 Å². The number of para-hydroxylation sites is 3. The molecule has 3 aromatic rings. The Morgan fingerprint density at radius 3 is 2.50 bits per heavy atom. The lowest BCUT2D eigenvalue weighted by molar-refractivity contribution is -0.140. The van der Waals surface area contributed by atoms with Gasteiger partial charge >= 0.3 is 11.9 Å². The van der Waals surface area contributed by atoms with Crippen molar-refractivity contribution in [2.45, 2.75) is 31.3 Å². The van der Waals surface area contributed by atoms with Crippen molar-refractivity contribution in [2.24, 2.45) is 5.73 Å². The van der Waals surface area contributed by atoms with Crippen LogP contribution in [0.5, 0.6) is 11.5 Å². The number of carbonyl (C=O) groups excluding carboxylic acids is 2. The van der Waals surface area contributed by atoms with Crippen molar-refractivity contribution in [2.75, 3.05) is 7.11 Å². The number of aromatic amines is 1. The summed E-state index contributed by atoms with van der Waals surface area (Å²) in [4.78, 5) is 39.5. The molecule has 1 unspecified atom stereocenters. The van der Waals surface area contributed by atoms with Gasteiger partial charge in [0.15, 0.2) is 11.5 Å². The lowest BCUT2D eigenvalue weighted by atomic mass is 10.0. The SMILES string of the molecule is COc1ccccc1OC(=O)C(Cc1c[nH]c2ccccc12)NC(=O)CC[C@@H](N)C(=O)O. The van der Waals surface area contributed by atoms with Crippen LogP contribution < -0.4 is 20.5 Å². The van der Waals surface area contributed by atoms with Crippen LogP contribution >= 0.6 is 0 Å². The molecule has 3 rings (SSSR count). The predicted molar refractivity (Wildman–Crippen MR) is 117 cm³/mol. The van der Waals surface area contributed by atoms with Gasteiger partial charge in [0.2, 0.25) is 5.91 Å². The Morgan fingerprint density at radius 2 is 1.78 bits per heavy atom. The Bertz CT molecular complexity index is 1110. The predicted octanol–water partition coefficient (Wildman–Crippen LogP) is 2.00. The number of nitrogens with one attached hydrogen (secondary N) is 2. The molecule has 0 aliphatic carbocycles. The summed E-state index contributed by atoms with van der Waals surface area (Å²) in [6, 6.07) is 12.1. The first-order valence-electron chi connectivity index (χ1n) is 10.1. The number of benzene rings is 2. The zero-order valence-electron chi connectivity index (χ0n) is 17.5. The molecule has 0 saturated heterocycles. The second kappa shape index (κ2) is 10.5. The molecule has 1 amide bonds. The maximum atomic E-state index is 13.0. The third-order valence-electron chi connectivity index (χ3n) is 5.00. The van der Waals surface area contributed by atoms with Gasteiger partial charge in [-0.1, -0.05) is 30.3 Å². The lowest BCUT2D eigenvalue weighted by Gasteiger charge is -2.18. The van der Waals surface area contributed by atoms with Gasteiger partial charge in [0.25, 0.3) is 0 Å². The molecule has 168 valence electrons. The highest BCUT2D eigenvalue weighted by Gasteiger charge is 2.26. The molecule has 2 aromatic carbocycles. The van der Waals surface area contributed by atoms with Crippen LogP contribution in [0.1, 0.15) is 18.4 Å². The minimum atomic E-state index is -1.19. The Kier molecular flexibility index (Phi) is 7.45. The highest BCUT2D eigenvalue weighted by molar-refractivity contribution is 5.88. The van der Waals surface area contributed by atoms with Gasteiger partial charge in [0.05, 0.1) is 7.11 Å². The van der Waals surface area contributed by atoms with Crippen LogP contribution in [-0.2, 0) is 20.8 Å². The second-order valence-electron chi connectivity index (χ2n) is 7.24. The summed E-state index contributed by atoms with van der Waals surface area (Å²) in [7, 11) is 1.46. The molecule has 0 aliphatic heterocycles. The zero-order valence-corrected chi connectivity index (χ0v) is 17.5. The van der Waals surface area contributed by atoms with E-state index in [1.807, 2.05) is 24.3 Å². The number of fused-ring (bicyclic) bond motifs is 1. The number of hydrogen-bond acceptors (Lipinski definition) is 6. The minimum absolute atomic E-state index is 0.0530. The molecule has 2 atom stereocenters. The molecular formula is C23H25N3O6. The molecule has 9 nitrogen and oxygen atoms in total. The molecule has 1 aromatic heterocycles. The number of carboxylic acids is 1. The summed E-state index contributed by atoms with van der Waals surface area (Å²) < 4.78 is 10.7. The Hall–Kier alpha value is -3.85. The van der Waals surface area contributed by atoms with E-state index in [2.05, 4.69) is 10.3 Å². The number of carboxylic acid groups (broad SMARTS) is 1. The van der Waals surface area contributed by atoms with Crippen molar-refractivity contribution in [1.29, 1.82) is 0 Å². The van der Waals surface area contributed by atoms with E-state index in [0.717, 1.165) is 16.5 Å². The number of H-pyrrole nitrogens is 1. The highest BCUT2D eigenvalue weighted by atomic mass is 16.6. The first-order chi connectivity index (χ1) is 15.4. The first-order valence-corrected chi connectivity index (χ1v) is 10.1. The van der Waals surface area contributed by atoms with E-state index in [-0.39, 0.29) is 25.0 Å². The van der Waals surface area contributed by atoms with Gasteiger partial charge in [-0.25, -0.2) is 4.79 Å². The van der Waals surface area contributed by atoms with Gasteiger partial charge in [0, 0.05) is 29.9 Å². The number of aromatic nitrogens is 1. The van der Waals surface area contributed by atoms with Crippen LogP contribution in [0, 0.1) is 0 Å². The van der Waals surface area contributed by atoms with Crippen molar-refractivity contribution in [3.8, 4) is 11.5 Å². The van der Waals surface area contributed by atoms with Crippen LogP contribution in [0.15, 0.2) is 54.7 Å². The average Bonchev–Trinajstić information content (AvgIpc) is 3.20. The molecule has 0 aliphatic rings. The zero-order chi connectivity index (χ0) is 23.1. The summed E-state index contributed by atoms with van der Waals surface area (Å²) in [5, 5.41) is 12.5. The molecule has 0 saturated carbocycles. The Morgan fingerprint density at radius 1 is 1.09 bits per heavy atom. The van der Waals surface area contributed by atoms with Gasteiger partial charge in [-0.3, -0.25) is 9.59 Å². The second-order valence-corrected chi connectivity index (χ2v) is 7.24. The summed E-state index contributed by atoms with van der Waals surface area (Å²) in [5.74, 6) is -1.75. The van der Waals surface area contributed by atoms with Crippen molar-refractivity contribution < 1.29 is 29.0 Å². The van der Waals surface area contributed by atoms with Crippen LogP contribution in [-0.4, -0.2) is 47.1 Å². The number of amides is 1. The fourth-order valence-corrected chi connectivity index (χ4v) is 3.27. The van der Waals surface area contributed by atoms with E-state index in [9.17, 15) is 14.4 Å². The van der Waals surface area contributed by atoms with Gasteiger partial charge < -0.3 is 30.6 Å². The van der Waals surface area contributed by atoms with Gasteiger partial charge in [-0.05, 0) is 30.2 Å². The number of nitrogens with two attached hydrogens (primary N) is 1. The Balaban J connectivity index is 1.79. The number of esters is 1. The largest absolute Gasteiger partial charge is 0.493 e. The van der Waals surface area contributed by atoms with Crippen LogP contribution in [0.3, 0.4) is 0 Å². The first kappa shape index (κ1) is 22.8. The summed E-state index contributed by atoms with van der Waals surface area (Å²) in [6.07, 6.45) is 1.76. The number of hydrogen-bond donors (Lipinski definition) is 4. The molecule has 0 bridgehead atoms. The van der Waals surface area contributed by atoms with Crippen molar-refractivity contribution in [3.05, 3.63) is 60.3 Å². The minimum Gasteiger partial charge on any atom is -0.493 e. The fourth-order valence-electron chi connectivity index (χ4n) is 3.27. The molecule has 0 fully saturated rings. The third-order valence-corrected chi connectivity index (χ3v) is 5.00. The van der Waals surface area contributed by atoms with Gasteiger partial charge in [-0.2, -0.15) is 0 Å². The van der Waals surface area contributed by atoms with Crippen LogP contribution in [0.4, 0.5) is 0 Å². The molecule has 0 spiro atoms. The van der Waals surface area contributed by atoms with Crippen molar-refractivity contribution in [1.82, 2.24) is 10.3 Å². The monoisotopic (exact) mass is 439 g/mol. The van der Waals surface area contributed by atoms with E-state index in [4.69, 9.17) is 20.3 Å². The van der Waals surface area contributed by atoms with Gasteiger partial charge in [-0.15, -0.1) is 0 Å². The quantitative estimate of drug-likeness (QED) is 0.279. The number of methoxy groups -OCH3 is 1. The molecule has 1 heterocycles. The standard InChI is InChI=1S/C23H25N3O6/c1-31-19-8-4-5-9-20(19)32-23(30)18(26-21(27)11-10-16(24)22(28)29)12-14-13-25-17-7-3-2-6-15(14)17/h2-9,13,16,18,25H,10-12,24H2,1H3,(H,26,27)(H,28,29)/t16-,18?/m1/s1. The topological polar surface area (TPSA) is 144 Å². The summed E-state index contributed by atoms with van der Waals surface area (Å²) in [5.41, 5.74) is 7.20. The molecular weight excluding hydrogens is 414 g/mol. The van der Waals surface area contributed by atoms with E-state index in [0.29, 0.717) is 5.75 Å². The number of ether oxygens (including phenoxy) is 2. The normalized spacial score (nSPS) is 12.7. The maximum Gasteiger partial charge on any atom is 0.334 e. The highest BCUT2D eigenvalue weighted by Crippen LogP contribution is 2.27. The Labute approximate surface area is 184 Å². The van der Waals surface area contributed by atoms with Gasteiger partial charge in [0.1, 0.15) is 12.1 Å². The smallest absolute Gasteiger partial charge is 0.334 e. The fraction of sp³-hybridized carbons (Fsp3) is 0.261. The molecule has 32 heavy (non-hydrogen) atoms. The lowest BCUT2D eigenvalue weighted by Crippen LogP contribution is -2.45. The number of aliphatic carboxylic acids is 1. The third kappa shape index (κ3) is 5.64. The van der Waals surface area contributed by atoms with Crippen molar-refractivity contribution >= 4 is 28.7 Å². The summed E-state index contributed by atoms with van der Waals surface area (Å²) >= 11 is 0. The average molecular weight is 439 g/mol. The van der Waals surface area contributed by atoms with Crippen molar-refractivity contribution in [3.63, 3.8) is 0 Å². The molecule has 5 N–H and O–H groups in total. The molecule has 0 radical (unpaired) electrons. The number of rotatable bonds is 10. The maximum absolute atomic E-state index is 13.0. The van der Waals surface area contributed by atoms with E-state index >= 15 is 0 Å².